The second-order valence-corrected chi connectivity index (χ2v) is 6.50. The van der Waals surface area contributed by atoms with Crippen molar-refractivity contribution in [2.75, 3.05) is 42.6 Å². The van der Waals surface area contributed by atoms with Crippen LogP contribution >= 0.6 is 0 Å². The third-order valence-electron chi connectivity index (χ3n) is 4.97. The van der Waals surface area contributed by atoms with Gasteiger partial charge in [0.15, 0.2) is 12.4 Å². The van der Waals surface area contributed by atoms with E-state index in [-0.39, 0.29) is 18.6 Å². The highest BCUT2D eigenvalue weighted by molar-refractivity contribution is 6.00. The third kappa shape index (κ3) is 2.96. The highest BCUT2D eigenvalue weighted by Crippen LogP contribution is 2.43. The fraction of sp³-hybridized carbons (Fsp3) is 0.350. The van der Waals surface area contributed by atoms with Gasteiger partial charge in [0.05, 0.1) is 17.4 Å². The van der Waals surface area contributed by atoms with E-state index in [2.05, 4.69) is 35.3 Å². The summed E-state index contributed by atoms with van der Waals surface area (Å²) in [5.41, 5.74) is 3.07. The lowest BCUT2D eigenvalue weighted by atomic mass is 10.0. The maximum absolute atomic E-state index is 12.6. The summed E-state index contributed by atoms with van der Waals surface area (Å²) in [7, 11) is 0. The van der Waals surface area contributed by atoms with Crippen molar-refractivity contribution >= 4 is 17.3 Å². The van der Waals surface area contributed by atoms with E-state index in [1.807, 2.05) is 35.2 Å². The molecule has 0 saturated carbocycles. The maximum atomic E-state index is 12.6. The van der Waals surface area contributed by atoms with Crippen molar-refractivity contribution in [3.63, 3.8) is 0 Å². The van der Waals surface area contributed by atoms with Gasteiger partial charge in [0.25, 0.3) is 5.91 Å². The van der Waals surface area contributed by atoms with E-state index >= 15 is 0 Å². The average molecular weight is 337 g/mol. The number of hydrogen-bond acceptors (Lipinski definition) is 4. The molecule has 1 amide bonds. The third-order valence-corrected chi connectivity index (χ3v) is 4.97. The fourth-order valence-electron chi connectivity index (χ4n) is 3.65. The molecule has 25 heavy (non-hydrogen) atoms. The number of carbonyl (C=O) groups is 1. The predicted molar refractivity (Wildman–Crippen MR) is 99.4 cm³/mol. The lowest BCUT2D eigenvalue weighted by Gasteiger charge is -2.37. The molecule has 0 unspecified atom stereocenters. The predicted octanol–water partition coefficient (Wildman–Crippen LogP) is 2.58. The number of hydrogen-bond donors (Lipinski definition) is 1. The molecule has 2 heterocycles. The summed E-state index contributed by atoms with van der Waals surface area (Å²) in [5.74, 6) is 0.827. The van der Waals surface area contributed by atoms with Crippen molar-refractivity contribution in [1.29, 1.82) is 0 Å². The van der Waals surface area contributed by atoms with Crippen LogP contribution in [0.5, 0.6) is 5.75 Å². The van der Waals surface area contributed by atoms with Crippen LogP contribution in [-0.2, 0) is 4.79 Å². The van der Waals surface area contributed by atoms with E-state index in [1.165, 1.54) is 0 Å². The minimum Gasteiger partial charge on any atom is -0.479 e. The molecule has 0 aromatic heterocycles. The summed E-state index contributed by atoms with van der Waals surface area (Å²) in [6.45, 7) is 5.98. The van der Waals surface area contributed by atoms with Crippen LogP contribution in [-0.4, -0.2) is 38.7 Å². The fourth-order valence-corrected chi connectivity index (χ4v) is 3.65. The number of rotatable bonds is 3. The van der Waals surface area contributed by atoms with Crippen LogP contribution < -0.4 is 19.9 Å². The van der Waals surface area contributed by atoms with Crippen molar-refractivity contribution < 1.29 is 9.53 Å². The largest absolute Gasteiger partial charge is 0.479 e. The average Bonchev–Trinajstić information content (AvgIpc) is 2.68. The minimum atomic E-state index is -0.0328. The van der Waals surface area contributed by atoms with E-state index in [9.17, 15) is 4.79 Å². The molecule has 2 aromatic rings. The molecule has 5 heteroatoms. The molecule has 0 radical (unpaired) electrons. The number of amides is 1. The Morgan fingerprint density at radius 2 is 1.72 bits per heavy atom. The van der Waals surface area contributed by atoms with E-state index < -0.39 is 0 Å². The van der Waals surface area contributed by atoms with E-state index in [4.69, 9.17) is 4.74 Å². The Labute approximate surface area is 148 Å². The zero-order chi connectivity index (χ0) is 17.2. The van der Waals surface area contributed by atoms with Crippen molar-refractivity contribution in [2.24, 2.45) is 0 Å². The Morgan fingerprint density at radius 3 is 2.48 bits per heavy atom. The highest BCUT2D eigenvalue weighted by Gasteiger charge is 2.32. The molecule has 2 aromatic carbocycles. The monoisotopic (exact) mass is 337 g/mol. The summed E-state index contributed by atoms with van der Waals surface area (Å²) in [6.07, 6.45) is 0. The lowest BCUT2D eigenvalue weighted by molar-refractivity contribution is -0.121. The van der Waals surface area contributed by atoms with Crippen molar-refractivity contribution in [2.45, 2.75) is 13.0 Å². The summed E-state index contributed by atoms with van der Waals surface area (Å²) in [4.78, 5) is 16.8. The van der Waals surface area contributed by atoms with Gasteiger partial charge >= 0.3 is 0 Å². The van der Waals surface area contributed by atoms with Crippen LogP contribution in [0.4, 0.5) is 11.4 Å². The van der Waals surface area contributed by atoms with Gasteiger partial charge in [-0.15, -0.1) is 0 Å². The first-order chi connectivity index (χ1) is 12.3. The van der Waals surface area contributed by atoms with Crippen molar-refractivity contribution in [3.8, 4) is 5.75 Å². The molecule has 2 aliphatic rings. The SMILES string of the molecule is C[C@H](c1ccccc1)N1C(=O)COc2c(N3CCNCC3)cccc21. The molecule has 1 saturated heterocycles. The van der Waals surface area contributed by atoms with Gasteiger partial charge in [0.1, 0.15) is 0 Å². The van der Waals surface area contributed by atoms with Gasteiger partial charge in [0.2, 0.25) is 0 Å². The molecule has 0 spiro atoms. The summed E-state index contributed by atoms with van der Waals surface area (Å²) in [5, 5.41) is 3.37. The van der Waals surface area contributed by atoms with Crippen molar-refractivity contribution in [3.05, 3.63) is 54.1 Å². The molecule has 130 valence electrons. The molecule has 2 aliphatic heterocycles. The number of ether oxygens (including phenoxy) is 1. The van der Waals surface area contributed by atoms with Gasteiger partial charge in [-0.2, -0.15) is 0 Å². The first-order valence-electron chi connectivity index (χ1n) is 8.84. The number of nitrogens with one attached hydrogen (secondary N) is 1. The topological polar surface area (TPSA) is 44.8 Å². The summed E-state index contributed by atoms with van der Waals surface area (Å²) in [6, 6.07) is 16.2. The molecule has 5 nitrogen and oxygen atoms in total. The minimum absolute atomic E-state index is 0.00122. The molecule has 1 fully saturated rings. The van der Waals surface area contributed by atoms with Crippen LogP contribution in [0.3, 0.4) is 0 Å². The van der Waals surface area contributed by atoms with Gasteiger partial charge < -0.3 is 15.0 Å². The quantitative estimate of drug-likeness (QED) is 0.935. The zero-order valence-electron chi connectivity index (χ0n) is 14.4. The first kappa shape index (κ1) is 16.0. The number of nitrogens with zero attached hydrogens (tertiary/aromatic N) is 2. The van der Waals surface area contributed by atoms with E-state index in [0.29, 0.717) is 0 Å². The van der Waals surface area contributed by atoms with E-state index in [0.717, 1.165) is 48.9 Å². The van der Waals surface area contributed by atoms with Gasteiger partial charge in [-0.3, -0.25) is 9.69 Å². The van der Waals surface area contributed by atoms with E-state index in [1.54, 1.807) is 0 Å². The van der Waals surface area contributed by atoms with Crippen LogP contribution in [0.25, 0.3) is 0 Å². The van der Waals surface area contributed by atoms with Gasteiger partial charge in [-0.05, 0) is 24.6 Å². The van der Waals surface area contributed by atoms with Gasteiger partial charge in [-0.1, -0.05) is 36.4 Å². The molecule has 4 rings (SSSR count). The number of carbonyl (C=O) groups excluding carboxylic acids is 1. The lowest BCUT2D eigenvalue weighted by Crippen LogP contribution is -2.45. The molecular weight excluding hydrogens is 314 g/mol. The zero-order valence-corrected chi connectivity index (χ0v) is 14.4. The molecule has 0 bridgehead atoms. The molecular formula is C20H23N3O2. The molecule has 0 aliphatic carbocycles. The summed E-state index contributed by atoms with van der Waals surface area (Å²) >= 11 is 0. The van der Waals surface area contributed by atoms with Gasteiger partial charge in [-0.25, -0.2) is 0 Å². The Morgan fingerprint density at radius 1 is 1.00 bits per heavy atom. The Hall–Kier alpha value is -2.53. The first-order valence-corrected chi connectivity index (χ1v) is 8.84. The highest BCUT2D eigenvalue weighted by atomic mass is 16.5. The van der Waals surface area contributed by atoms with Gasteiger partial charge in [0, 0.05) is 26.2 Å². The van der Waals surface area contributed by atoms with Crippen molar-refractivity contribution in [1.82, 2.24) is 5.32 Å². The van der Waals surface area contributed by atoms with Crippen LogP contribution in [0.2, 0.25) is 0 Å². The summed E-state index contributed by atoms with van der Waals surface area (Å²) < 4.78 is 5.88. The molecule has 1 atom stereocenters. The second kappa shape index (κ2) is 6.76. The van der Waals surface area contributed by atoms with Crippen LogP contribution in [0, 0.1) is 0 Å². The Balaban J connectivity index is 1.73. The second-order valence-electron chi connectivity index (χ2n) is 6.50. The van der Waals surface area contributed by atoms with Crippen LogP contribution in [0.1, 0.15) is 18.5 Å². The normalized spacial score (nSPS) is 18.5. The number of piperazine rings is 1. The number of benzene rings is 2. The van der Waals surface area contributed by atoms with Crippen LogP contribution in [0.15, 0.2) is 48.5 Å². The molecule has 1 N–H and O–H groups in total. The number of para-hydroxylation sites is 1. The smallest absolute Gasteiger partial charge is 0.265 e. The Kier molecular flexibility index (Phi) is 4.32. The maximum Gasteiger partial charge on any atom is 0.265 e. The number of fused-ring (bicyclic) bond motifs is 1. The standard InChI is InChI=1S/C20H23N3O2/c1-15(16-6-3-2-4-7-16)23-18-9-5-8-17(20(18)25-14-19(23)24)22-12-10-21-11-13-22/h2-9,15,21H,10-14H2,1H3/t15-/m1/s1. The Bertz CT molecular complexity index is 757. The number of anilines is 2.